The van der Waals surface area contributed by atoms with Crippen molar-refractivity contribution < 1.29 is 9.53 Å². The van der Waals surface area contributed by atoms with Crippen LogP contribution in [0.15, 0.2) is 54.6 Å². The summed E-state index contributed by atoms with van der Waals surface area (Å²) in [4.78, 5) is 18.3. The second-order valence-electron chi connectivity index (χ2n) is 7.71. The molecule has 2 aromatic rings. The standard InChI is InChI=1S/C24H32N2O2/c1-4-24(25(2)3,15-14-20-10-6-5-7-11-20)23(27)21-12-8-9-13-22(21)26-16-18-28-19-17-26/h5-13H,4,14-19H2,1-3H3. The summed E-state index contributed by atoms with van der Waals surface area (Å²) in [6.45, 7) is 5.21. The van der Waals surface area contributed by atoms with Crippen LogP contribution in [0.3, 0.4) is 0 Å². The summed E-state index contributed by atoms with van der Waals surface area (Å²) in [5.74, 6) is 0.220. The first kappa shape index (κ1) is 20.6. The molecule has 1 saturated heterocycles. The van der Waals surface area contributed by atoms with Gasteiger partial charge in [0.05, 0.1) is 18.8 Å². The van der Waals surface area contributed by atoms with Crippen molar-refractivity contribution in [3.8, 4) is 0 Å². The van der Waals surface area contributed by atoms with Gasteiger partial charge in [0.1, 0.15) is 0 Å². The van der Waals surface area contributed by atoms with Crippen LogP contribution in [0.2, 0.25) is 0 Å². The van der Waals surface area contributed by atoms with Crippen LogP contribution in [0, 0.1) is 0 Å². The predicted molar refractivity (Wildman–Crippen MR) is 115 cm³/mol. The first-order chi connectivity index (χ1) is 13.6. The lowest BCUT2D eigenvalue weighted by atomic mass is 9.80. The highest BCUT2D eigenvalue weighted by molar-refractivity contribution is 6.07. The monoisotopic (exact) mass is 380 g/mol. The molecule has 150 valence electrons. The van der Waals surface area contributed by atoms with E-state index < -0.39 is 5.54 Å². The van der Waals surface area contributed by atoms with Crippen molar-refractivity contribution in [2.45, 2.75) is 31.7 Å². The van der Waals surface area contributed by atoms with E-state index in [0.29, 0.717) is 13.2 Å². The third kappa shape index (κ3) is 4.29. The maximum absolute atomic E-state index is 13.9. The van der Waals surface area contributed by atoms with E-state index in [9.17, 15) is 4.79 Å². The molecule has 0 N–H and O–H groups in total. The number of nitrogens with zero attached hydrogens (tertiary/aromatic N) is 2. The molecule has 0 aliphatic carbocycles. The van der Waals surface area contributed by atoms with E-state index in [1.165, 1.54) is 5.56 Å². The minimum atomic E-state index is -0.516. The lowest BCUT2D eigenvalue weighted by molar-refractivity contribution is 0.0643. The van der Waals surface area contributed by atoms with Gasteiger partial charge in [-0.3, -0.25) is 9.69 Å². The molecule has 2 aromatic carbocycles. The third-order valence-electron chi connectivity index (χ3n) is 6.03. The topological polar surface area (TPSA) is 32.8 Å². The number of likely N-dealkylation sites (N-methyl/N-ethyl adjacent to an activating group) is 1. The number of ketones is 1. The van der Waals surface area contributed by atoms with Crippen molar-refractivity contribution in [3.05, 3.63) is 65.7 Å². The van der Waals surface area contributed by atoms with E-state index in [4.69, 9.17) is 4.74 Å². The molecule has 0 saturated carbocycles. The van der Waals surface area contributed by atoms with Crippen molar-refractivity contribution >= 4 is 11.5 Å². The van der Waals surface area contributed by atoms with Gasteiger partial charge in [-0.05, 0) is 51.1 Å². The van der Waals surface area contributed by atoms with Gasteiger partial charge in [0.2, 0.25) is 0 Å². The van der Waals surface area contributed by atoms with Crippen molar-refractivity contribution in [2.75, 3.05) is 45.3 Å². The number of benzene rings is 2. The van der Waals surface area contributed by atoms with Crippen molar-refractivity contribution in [3.63, 3.8) is 0 Å². The number of rotatable bonds is 8. The molecule has 1 aliphatic rings. The number of anilines is 1. The van der Waals surface area contributed by atoms with E-state index >= 15 is 0 Å². The van der Waals surface area contributed by atoms with Gasteiger partial charge < -0.3 is 9.64 Å². The second kappa shape index (κ2) is 9.35. The highest BCUT2D eigenvalue weighted by Crippen LogP contribution is 2.32. The fraction of sp³-hybridized carbons (Fsp3) is 0.458. The van der Waals surface area contributed by atoms with Crippen molar-refractivity contribution in [1.29, 1.82) is 0 Å². The lowest BCUT2D eigenvalue weighted by Gasteiger charge is -2.39. The van der Waals surface area contributed by atoms with Crippen LogP contribution < -0.4 is 4.90 Å². The molecule has 1 heterocycles. The molecule has 1 unspecified atom stereocenters. The number of carbonyl (C=O) groups is 1. The molecule has 1 fully saturated rings. The number of hydrogen-bond acceptors (Lipinski definition) is 4. The quantitative estimate of drug-likeness (QED) is 0.647. The normalized spacial score (nSPS) is 16.8. The molecule has 0 radical (unpaired) electrons. The fourth-order valence-corrected chi connectivity index (χ4v) is 4.19. The Morgan fingerprint density at radius 2 is 1.68 bits per heavy atom. The zero-order chi connectivity index (χ0) is 20.0. The molecule has 1 atom stereocenters. The number of ether oxygens (including phenoxy) is 1. The smallest absolute Gasteiger partial charge is 0.185 e. The molecule has 0 amide bonds. The number of hydrogen-bond donors (Lipinski definition) is 0. The summed E-state index contributed by atoms with van der Waals surface area (Å²) >= 11 is 0. The summed E-state index contributed by atoms with van der Waals surface area (Å²) in [5.41, 5.74) is 2.62. The minimum absolute atomic E-state index is 0.220. The Balaban J connectivity index is 1.91. The van der Waals surface area contributed by atoms with Crippen LogP contribution >= 0.6 is 0 Å². The molecule has 28 heavy (non-hydrogen) atoms. The van der Waals surface area contributed by atoms with E-state index in [1.54, 1.807) is 0 Å². The highest BCUT2D eigenvalue weighted by Gasteiger charge is 2.40. The molecular formula is C24H32N2O2. The summed E-state index contributed by atoms with van der Waals surface area (Å²) in [7, 11) is 4.06. The SMILES string of the molecule is CCC(CCc1ccccc1)(C(=O)c1ccccc1N1CCOCC1)N(C)C. The zero-order valence-corrected chi connectivity index (χ0v) is 17.4. The van der Waals surface area contributed by atoms with Gasteiger partial charge in [0.15, 0.2) is 5.78 Å². The van der Waals surface area contributed by atoms with Crippen LogP contribution in [0.25, 0.3) is 0 Å². The van der Waals surface area contributed by atoms with Crippen molar-refractivity contribution in [2.24, 2.45) is 0 Å². The highest BCUT2D eigenvalue weighted by atomic mass is 16.5. The Labute approximate surface area is 169 Å². The molecule has 1 aliphatic heterocycles. The van der Waals surface area contributed by atoms with Gasteiger partial charge in [-0.15, -0.1) is 0 Å². The molecule has 0 spiro atoms. The first-order valence-corrected chi connectivity index (χ1v) is 10.3. The Morgan fingerprint density at radius 3 is 2.32 bits per heavy atom. The Hall–Kier alpha value is -2.17. The molecule has 0 aromatic heterocycles. The minimum Gasteiger partial charge on any atom is -0.378 e. The van der Waals surface area contributed by atoms with E-state index in [-0.39, 0.29) is 5.78 Å². The molecule has 0 bridgehead atoms. The van der Waals surface area contributed by atoms with Gasteiger partial charge in [0.25, 0.3) is 0 Å². The molecule has 4 nitrogen and oxygen atoms in total. The van der Waals surface area contributed by atoms with E-state index in [2.05, 4.69) is 47.1 Å². The summed E-state index contributed by atoms with van der Waals surface area (Å²) in [6.07, 6.45) is 2.47. The maximum Gasteiger partial charge on any atom is 0.185 e. The third-order valence-corrected chi connectivity index (χ3v) is 6.03. The van der Waals surface area contributed by atoms with Gasteiger partial charge >= 0.3 is 0 Å². The number of aryl methyl sites for hydroxylation is 1. The molecular weight excluding hydrogens is 348 g/mol. The van der Waals surface area contributed by atoms with Crippen LogP contribution in [-0.4, -0.2) is 56.6 Å². The fourth-order valence-electron chi connectivity index (χ4n) is 4.19. The summed E-state index contributed by atoms with van der Waals surface area (Å²) in [5, 5.41) is 0. The van der Waals surface area contributed by atoms with Gasteiger partial charge in [0, 0.05) is 24.3 Å². The molecule has 3 rings (SSSR count). The molecule has 4 heteroatoms. The maximum atomic E-state index is 13.9. The average molecular weight is 381 g/mol. The average Bonchev–Trinajstić information content (AvgIpc) is 2.75. The predicted octanol–water partition coefficient (Wildman–Crippen LogP) is 4.05. The number of morpholine rings is 1. The number of carbonyl (C=O) groups excluding carboxylic acids is 1. The lowest BCUT2D eigenvalue weighted by Crippen LogP contribution is -2.51. The number of para-hydroxylation sites is 1. The largest absolute Gasteiger partial charge is 0.378 e. The van der Waals surface area contributed by atoms with Gasteiger partial charge in [-0.1, -0.05) is 49.4 Å². The van der Waals surface area contributed by atoms with Crippen LogP contribution in [0.5, 0.6) is 0 Å². The zero-order valence-electron chi connectivity index (χ0n) is 17.4. The summed E-state index contributed by atoms with van der Waals surface area (Å²) in [6, 6.07) is 18.5. The number of Topliss-reactive ketones (excluding diaryl/α,β-unsaturated/α-hetero) is 1. The first-order valence-electron chi connectivity index (χ1n) is 10.3. The summed E-state index contributed by atoms with van der Waals surface area (Å²) < 4.78 is 5.50. The van der Waals surface area contributed by atoms with Crippen LogP contribution in [0.1, 0.15) is 35.7 Å². The van der Waals surface area contributed by atoms with E-state index in [0.717, 1.165) is 43.6 Å². The van der Waals surface area contributed by atoms with Crippen LogP contribution in [-0.2, 0) is 11.2 Å². The van der Waals surface area contributed by atoms with Gasteiger partial charge in [-0.25, -0.2) is 0 Å². The Bertz CT molecular complexity index is 769. The second-order valence-corrected chi connectivity index (χ2v) is 7.71. The van der Waals surface area contributed by atoms with E-state index in [1.807, 2.05) is 38.4 Å². The van der Waals surface area contributed by atoms with Crippen LogP contribution in [0.4, 0.5) is 5.69 Å². The Kier molecular flexibility index (Phi) is 6.87. The Morgan fingerprint density at radius 1 is 1.04 bits per heavy atom. The van der Waals surface area contributed by atoms with Crippen molar-refractivity contribution in [1.82, 2.24) is 4.90 Å². The van der Waals surface area contributed by atoms with Gasteiger partial charge in [-0.2, -0.15) is 0 Å².